The Kier molecular flexibility index (Phi) is 7.81. The number of methoxy groups -OCH3 is 1. The predicted molar refractivity (Wildman–Crippen MR) is 130 cm³/mol. The number of amides is 2. The number of para-hydroxylation sites is 1. The van der Waals surface area contributed by atoms with Crippen LogP contribution in [0, 0.1) is 0 Å². The Bertz CT molecular complexity index is 1090. The van der Waals surface area contributed by atoms with E-state index in [1.54, 1.807) is 31.4 Å². The molecular formula is C27H28N2O3. The van der Waals surface area contributed by atoms with Gasteiger partial charge in [-0.3, -0.25) is 9.59 Å². The highest BCUT2D eigenvalue weighted by Gasteiger charge is 2.17. The largest absolute Gasteiger partial charge is 0.497 e. The Balaban J connectivity index is 1.93. The minimum atomic E-state index is -0.296. The molecule has 0 aliphatic carbocycles. The second-order valence-corrected chi connectivity index (χ2v) is 7.48. The van der Waals surface area contributed by atoms with Crippen molar-refractivity contribution in [1.29, 1.82) is 0 Å². The van der Waals surface area contributed by atoms with Crippen LogP contribution in [0.3, 0.4) is 0 Å². The highest BCUT2D eigenvalue weighted by Crippen LogP contribution is 2.23. The van der Waals surface area contributed by atoms with Gasteiger partial charge in [0.05, 0.1) is 18.4 Å². The van der Waals surface area contributed by atoms with Crippen molar-refractivity contribution >= 4 is 29.2 Å². The van der Waals surface area contributed by atoms with Gasteiger partial charge in [-0.2, -0.15) is 0 Å². The molecule has 5 nitrogen and oxygen atoms in total. The lowest BCUT2D eigenvalue weighted by atomic mass is 10.0. The number of benzene rings is 3. The zero-order valence-corrected chi connectivity index (χ0v) is 18.6. The highest BCUT2D eigenvalue weighted by molar-refractivity contribution is 6.29. The summed E-state index contributed by atoms with van der Waals surface area (Å²) in [5.41, 5.74) is 3.03. The first-order valence-corrected chi connectivity index (χ1v) is 10.6. The summed E-state index contributed by atoms with van der Waals surface area (Å²) in [7, 11) is 1.61. The predicted octanol–water partition coefficient (Wildman–Crippen LogP) is 5.40. The fourth-order valence-corrected chi connectivity index (χ4v) is 3.15. The van der Waals surface area contributed by atoms with Crippen molar-refractivity contribution in [3.63, 3.8) is 0 Å². The van der Waals surface area contributed by atoms with Gasteiger partial charge in [-0.15, -0.1) is 0 Å². The second kappa shape index (κ2) is 11.0. The molecule has 0 fully saturated rings. The molecule has 2 amide bonds. The quantitative estimate of drug-likeness (QED) is 0.373. The lowest BCUT2D eigenvalue weighted by Crippen LogP contribution is -2.32. The molecule has 32 heavy (non-hydrogen) atoms. The third-order valence-electron chi connectivity index (χ3n) is 5.17. The van der Waals surface area contributed by atoms with Gasteiger partial charge in [0.25, 0.3) is 11.8 Å². The van der Waals surface area contributed by atoms with E-state index in [1.165, 1.54) is 0 Å². The number of hydrogen-bond donors (Lipinski definition) is 2. The molecule has 164 valence electrons. The minimum absolute atomic E-state index is 0.0427. The minimum Gasteiger partial charge on any atom is -0.497 e. The van der Waals surface area contributed by atoms with Gasteiger partial charge in [0, 0.05) is 11.6 Å². The van der Waals surface area contributed by atoms with Crippen molar-refractivity contribution in [1.82, 2.24) is 5.32 Å². The van der Waals surface area contributed by atoms with Crippen LogP contribution in [-0.2, 0) is 4.79 Å². The first-order chi connectivity index (χ1) is 15.5. The van der Waals surface area contributed by atoms with E-state index >= 15 is 0 Å². The Morgan fingerprint density at radius 2 is 1.59 bits per heavy atom. The Hall–Kier alpha value is -3.86. The average molecular weight is 429 g/mol. The van der Waals surface area contributed by atoms with Crippen LogP contribution in [0.4, 0.5) is 5.69 Å². The van der Waals surface area contributed by atoms with E-state index in [1.807, 2.05) is 74.5 Å². The van der Waals surface area contributed by atoms with Crippen LogP contribution in [0.2, 0.25) is 0 Å². The average Bonchev–Trinajstić information content (AvgIpc) is 2.83. The number of hydrogen-bond acceptors (Lipinski definition) is 3. The number of anilines is 1. The molecule has 1 unspecified atom stereocenters. The van der Waals surface area contributed by atoms with Crippen LogP contribution in [0.25, 0.3) is 11.6 Å². The van der Waals surface area contributed by atoms with Crippen LogP contribution in [-0.4, -0.2) is 25.0 Å². The molecule has 0 heterocycles. The normalized spacial score (nSPS) is 12.0. The molecule has 0 aliphatic rings. The van der Waals surface area contributed by atoms with Gasteiger partial charge in [-0.1, -0.05) is 61.5 Å². The summed E-state index contributed by atoms with van der Waals surface area (Å²) in [6.45, 7) is 3.96. The molecule has 0 saturated heterocycles. The van der Waals surface area contributed by atoms with E-state index in [-0.39, 0.29) is 17.9 Å². The molecule has 1 atom stereocenters. The third-order valence-corrected chi connectivity index (χ3v) is 5.17. The van der Waals surface area contributed by atoms with E-state index in [4.69, 9.17) is 4.74 Å². The number of nitrogens with one attached hydrogen (secondary N) is 2. The van der Waals surface area contributed by atoms with Crippen molar-refractivity contribution in [2.75, 3.05) is 12.4 Å². The Morgan fingerprint density at radius 1 is 0.938 bits per heavy atom. The molecule has 0 radical (unpaired) electrons. The van der Waals surface area contributed by atoms with Gasteiger partial charge < -0.3 is 15.4 Å². The maximum absolute atomic E-state index is 13.4. The molecule has 0 aromatic heterocycles. The summed E-state index contributed by atoms with van der Waals surface area (Å²) in [6.07, 6.45) is 2.65. The smallest absolute Gasteiger partial charge is 0.256 e. The first kappa shape index (κ1) is 22.8. The molecule has 0 saturated carbocycles. The molecule has 3 rings (SSSR count). The van der Waals surface area contributed by atoms with E-state index in [2.05, 4.69) is 10.6 Å². The monoisotopic (exact) mass is 428 g/mol. The molecule has 3 aromatic carbocycles. The second-order valence-electron chi connectivity index (χ2n) is 7.48. The van der Waals surface area contributed by atoms with Crippen molar-refractivity contribution in [3.8, 4) is 5.75 Å². The molecule has 2 N–H and O–H groups in total. The standard InChI is InChI=1S/C27H28N2O3/c1-4-19(2)28-26(30)23-12-8-9-13-25(23)29-27(31)24(21-10-6-5-7-11-21)18-20-14-16-22(32-3)17-15-20/h5-19H,4H2,1-3H3,(H,28,30)(H,29,31). The summed E-state index contributed by atoms with van der Waals surface area (Å²) in [6, 6.07) is 24.0. The molecule has 0 spiro atoms. The summed E-state index contributed by atoms with van der Waals surface area (Å²) in [4.78, 5) is 26.1. The molecule has 0 aliphatic heterocycles. The van der Waals surface area contributed by atoms with Crippen LogP contribution in [0.5, 0.6) is 5.75 Å². The fourth-order valence-electron chi connectivity index (χ4n) is 3.15. The molecule has 0 bridgehead atoms. The molecular weight excluding hydrogens is 400 g/mol. The van der Waals surface area contributed by atoms with E-state index in [9.17, 15) is 9.59 Å². The van der Waals surface area contributed by atoms with Crippen LogP contribution >= 0.6 is 0 Å². The SMILES string of the molecule is CCC(C)NC(=O)c1ccccc1NC(=O)C(=Cc1ccc(OC)cc1)c1ccccc1. The van der Waals surface area contributed by atoms with E-state index < -0.39 is 0 Å². The van der Waals surface area contributed by atoms with Crippen LogP contribution in [0.15, 0.2) is 78.9 Å². The number of carbonyl (C=O) groups is 2. The molecule has 5 heteroatoms. The Morgan fingerprint density at radius 3 is 2.25 bits per heavy atom. The van der Waals surface area contributed by atoms with Crippen molar-refractivity contribution < 1.29 is 14.3 Å². The van der Waals surface area contributed by atoms with Gasteiger partial charge in [0.1, 0.15) is 5.75 Å². The number of carbonyl (C=O) groups excluding carboxylic acids is 2. The van der Waals surface area contributed by atoms with Gasteiger partial charge in [0.2, 0.25) is 0 Å². The topological polar surface area (TPSA) is 67.4 Å². The van der Waals surface area contributed by atoms with Gasteiger partial charge >= 0.3 is 0 Å². The summed E-state index contributed by atoms with van der Waals surface area (Å²) >= 11 is 0. The Labute approximate surface area is 189 Å². The van der Waals surface area contributed by atoms with Crippen LogP contribution < -0.4 is 15.4 Å². The zero-order valence-electron chi connectivity index (χ0n) is 18.6. The van der Waals surface area contributed by atoms with Crippen LogP contribution in [0.1, 0.15) is 41.8 Å². The zero-order chi connectivity index (χ0) is 22.9. The maximum atomic E-state index is 13.4. The number of ether oxygens (including phenoxy) is 1. The number of rotatable bonds is 8. The highest BCUT2D eigenvalue weighted by atomic mass is 16.5. The lowest BCUT2D eigenvalue weighted by Gasteiger charge is -2.15. The third kappa shape index (κ3) is 5.85. The van der Waals surface area contributed by atoms with E-state index in [0.29, 0.717) is 16.8 Å². The lowest BCUT2D eigenvalue weighted by molar-refractivity contribution is -0.111. The maximum Gasteiger partial charge on any atom is 0.256 e. The van der Waals surface area contributed by atoms with Gasteiger partial charge in [-0.25, -0.2) is 0 Å². The van der Waals surface area contributed by atoms with E-state index in [0.717, 1.165) is 23.3 Å². The van der Waals surface area contributed by atoms with Crippen molar-refractivity contribution in [2.24, 2.45) is 0 Å². The summed E-state index contributed by atoms with van der Waals surface area (Å²) in [5, 5.41) is 5.89. The summed E-state index contributed by atoms with van der Waals surface area (Å²) < 4.78 is 5.22. The summed E-state index contributed by atoms with van der Waals surface area (Å²) in [5.74, 6) is 0.237. The van der Waals surface area contributed by atoms with Crippen molar-refractivity contribution in [2.45, 2.75) is 26.3 Å². The first-order valence-electron chi connectivity index (χ1n) is 10.6. The van der Waals surface area contributed by atoms with Gasteiger partial charge in [0.15, 0.2) is 0 Å². The molecule has 3 aromatic rings. The fraction of sp³-hybridized carbons (Fsp3) is 0.185. The van der Waals surface area contributed by atoms with Gasteiger partial charge in [-0.05, 0) is 54.8 Å². The van der Waals surface area contributed by atoms with Crippen molar-refractivity contribution in [3.05, 3.63) is 95.6 Å².